The van der Waals surface area contributed by atoms with Crippen molar-refractivity contribution in [3.63, 3.8) is 0 Å². The second kappa shape index (κ2) is 19.7. The molecular formula is C28H46IN5O6. The highest BCUT2D eigenvalue weighted by atomic mass is 127. The van der Waals surface area contributed by atoms with Gasteiger partial charge < -0.3 is 36.5 Å². The summed E-state index contributed by atoms with van der Waals surface area (Å²) >= 11 is 2.24. The van der Waals surface area contributed by atoms with E-state index in [0.717, 1.165) is 9.13 Å². The third-order valence-electron chi connectivity index (χ3n) is 5.83. The second-order valence-corrected chi connectivity index (χ2v) is 11.6. The molecule has 0 fully saturated rings. The number of halogens is 1. The van der Waals surface area contributed by atoms with Crippen molar-refractivity contribution >= 4 is 46.2 Å². The third-order valence-corrected chi connectivity index (χ3v) is 6.55. The van der Waals surface area contributed by atoms with Crippen molar-refractivity contribution in [1.82, 2.24) is 21.3 Å². The molecule has 0 aliphatic heterocycles. The number of benzene rings is 1. The predicted molar refractivity (Wildman–Crippen MR) is 162 cm³/mol. The van der Waals surface area contributed by atoms with E-state index in [1.165, 1.54) is 0 Å². The molecule has 0 radical (unpaired) electrons. The lowest BCUT2D eigenvalue weighted by Crippen LogP contribution is -2.55. The molecule has 1 aromatic rings. The van der Waals surface area contributed by atoms with Gasteiger partial charge in [0.2, 0.25) is 23.6 Å². The molecule has 0 aliphatic carbocycles. The number of hydrogen-bond donors (Lipinski definition) is 5. The molecule has 12 heteroatoms. The van der Waals surface area contributed by atoms with Crippen molar-refractivity contribution in [2.75, 3.05) is 39.5 Å². The Morgan fingerprint density at radius 3 is 2.25 bits per heavy atom. The third kappa shape index (κ3) is 16.7. The number of nitrogens with one attached hydrogen (secondary N) is 4. The molecule has 0 aliphatic rings. The zero-order chi connectivity index (χ0) is 30.0. The molecule has 1 atom stereocenters. The largest absolute Gasteiger partial charge is 0.377 e. The van der Waals surface area contributed by atoms with Gasteiger partial charge in [0.15, 0.2) is 0 Å². The van der Waals surface area contributed by atoms with E-state index < -0.39 is 23.4 Å². The van der Waals surface area contributed by atoms with Crippen LogP contribution >= 0.6 is 22.6 Å². The molecule has 4 amide bonds. The number of hydrogen-bond acceptors (Lipinski definition) is 7. The highest BCUT2D eigenvalue weighted by molar-refractivity contribution is 14.1. The van der Waals surface area contributed by atoms with E-state index in [-0.39, 0.29) is 37.7 Å². The van der Waals surface area contributed by atoms with E-state index in [0.29, 0.717) is 51.8 Å². The lowest BCUT2D eigenvalue weighted by molar-refractivity contribution is -0.131. The molecule has 0 spiro atoms. The Morgan fingerprint density at radius 1 is 0.925 bits per heavy atom. The van der Waals surface area contributed by atoms with Crippen LogP contribution in [0.15, 0.2) is 24.3 Å². The Morgan fingerprint density at radius 2 is 1.60 bits per heavy atom. The van der Waals surface area contributed by atoms with Crippen LogP contribution < -0.4 is 27.0 Å². The van der Waals surface area contributed by atoms with Gasteiger partial charge in [-0.25, -0.2) is 0 Å². The molecule has 226 valence electrons. The van der Waals surface area contributed by atoms with Crippen molar-refractivity contribution in [3.8, 4) is 0 Å². The first-order valence-corrected chi connectivity index (χ1v) is 14.8. The van der Waals surface area contributed by atoms with Gasteiger partial charge in [0.05, 0.1) is 25.4 Å². The second-order valence-electron chi connectivity index (χ2n) is 10.3. The van der Waals surface area contributed by atoms with E-state index in [1.807, 2.05) is 52.0 Å². The van der Waals surface area contributed by atoms with Gasteiger partial charge in [0.25, 0.3) is 0 Å². The van der Waals surface area contributed by atoms with Crippen LogP contribution in [0.5, 0.6) is 0 Å². The lowest BCUT2D eigenvalue weighted by atomic mass is 10.0. The van der Waals surface area contributed by atoms with Crippen LogP contribution in [-0.2, 0) is 35.1 Å². The number of aryl methyl sites for hydroxylation is 1. The van der Waals surface area contributed by atoms with Crippen LogP contribution in [0, 0.1) is 3.57 Å². The average molecular weight is 676 g/mol. The normalized spacial score (nSPS) is 12.2. The molecule has 0 heterocycles. The number of nitrogens with two attached hydrogens (primary N) is 1. The molecule has 1 aromatic carbocycles. The summed E-state index contributed by atoms with van der Waals surface area (Å²) in [7, 11) is 0. The predicted octanol–water partition coefficient (Wildman–Crippen LogP) is 1.41. The maximum atomic E-state index is 12.2. The van der Waals surface area contributed by atoms with Crippen molar-refractivity contribution in [1.29, 1.82) is 0 Å². The Balaban J connectivity index is 2.11. The van der Waals surface area contributed by atoms with E-state index >= 15 is 0 Å². The van der Waals surface area contributed by atoms with Crippen molar-refractivity contribution in [2.24, 2.45) is 5.73 Å². The van der Waals surface area contributed by atoms with Gasteiger partial charge in [-0.05, 0) is 93.7 Å². The van der Waals surface area contributed by atoms with Crippen molar-refractivity contribution in [2.45, 2.75) is 77.4 Å². The standard InChI is InChI=1S/C28H46IN5O6/c1-20(2)34-28(3,4)27(38)32-15-16-39-17-18-40-19-25(36)33-23(26(30)37)7-5-6-14-31-24(35)13-10-21-8-11-22(29)12-9-21/h8-9,11-12,20,23,34H,5-7,10,13-19H2,1-4H3,(H2,30,37)(H,31,35)(H,32,38)(H,33,36)/t23-/m0/s1. The minimum Gasteiger partial charge on any atom is -0.377 e. The molecule has 1 rings (SSSR count). The molecule has 0 saturated heterocycles. The van der Waals surface area contributed by atoms with Crippen LogP contribution in [0.3, 0.4) is 0 Å². The van der Waals surface area contributed by atoms with Gasteiger partial charge in [-0.3, -0.25) is 19.2 Å². The Bertz CT molecular complexity index is 926. The van der Waals surface area contributed by atoms with Crippen molar-refractivity contribution in [3.05, 3.63) is 33.4 Å². The first-order valence-electron chi connectivity index (χ1n) is 13.7. The summed E-state index contributed by atoms with van der Waals surface area (Å²) in [5.74, 6) is -1.20. The fourth-order valence-electron chi connectivity index (χ4n) is 3.85. The lowest BCUT2D eigenvalue weighted by Gasteiger charge is -2.27. The Hall–Kier alpha value is -2.29. The summed E-state index contributed by atoms with van der Waals surface area (Å²) in [5, 5.41) is 11.5. The van der Waals surface area contributed by atoms with Crippen molar-refractivity contribution < 1.29 is 28.7 Å². The molecule has 0 bridgehead atoms. The van der Waals surface area contributed by atoms with E-state index in [4.69, 9.17) is 15.2 Å². The highest BCUT2D eigenvalue weighted by Crippen LogP contribution is 2.09. The summed E-state index contributed by atoms with van der Waals surface area (Å²) in [6, 6.07) is 7.45. The summed E-state index contributed by atoms with van der Waals surface area (Å²) < 4.78 is 11.9. The number of unbranched alkanes of at least 4 members (excludes halogenated alkanes) is 1. The quantitative estimate of drug-likeness (QED) is 0.0973. The molecule has 0 unspecified atom stereocenters. The van der Waals surface area contributed by atoms with Gasteiger partial charge >= 0.3 is 0 Å². The fourth-order valence-corrected chi connectivity index (χ4v) is 4.21. The fraction of sp³-hybridized carbons (Fsp3) is 0.643. The SMILES string of the molecule is CC(C)NC(C)(C)C(=O)NCCOCCOCC(=O)N[C@@H](CCCCNC(=O)CCc1ccc(I)cc1)C(N)=O. The number of rotatable bonds is 21. The van der Waals surface area contributed by atoms with Crippen LogP contribution in [0.4, 0.5) is 0 Å². The van der Waals surface area contributed by atoms with Gasteiger partial charge in [-0.15, -0.1) is 0 Å². The topological polar surface area (TPSA) is 161 Å². The number of carbonyl (C=O) groups excluding carboxylic acids is 4. The van der Waals surface area contributed by atoms with Gasteiger partial charge in [0, 0.05) is 29.1 Å². The van der Waals surface area contributed by atoms with E-state index in [1.54, 1.807) is 0 Å². The van der Waals surface area contributed by atoms with Crippen LogP contribution in [-0.4, -0.2) is 80.8 Å². The summed E-state index contributed by atoms with van der Waals surface area (Å²) in [6.07, 6.45) is 2.74. The number of carbonyl (C=O) groups is 4. The molecule has 40 heavy (non-hydrogen) atoms. The molecule has 6 N–H and O–H groups in total. The van der Waals surface area contributed by atoms with Gasteiger partial charge in [-0.1, -0.05) is 12.1 Å². The molecule has 0 saturated carbocycles. The Labute approximate surface area is 251 Å². The van der Waals surface area contributed by atoms with Crippen LogP contribution in [0.25, 0.3) is 0 Å². The number of ether oxygens (including phenoxy) is 2. The smallest absolute Gasteiger partial charge is 0.246 e. The first kappa shape index (κ1) is 35.7. The van der Waals surface area contributed by atoms with Crippen LogP contribution in [0.1, 0.15) is 58.9 Å². The van der Waals surface area contributed by atoms with Gasteiger partial charge in [-0.2, -0.15) is 0 Å². The monoisotopic (exact) mass is 675 g/mol. The number of primary amides is 1. The summed E-state index contributed by atoms with van der Waals surface area (Å²) in [5.41, 5.74) is 5.87. The minimum absolute atomic E-state index is 0.0212. The zero-order valence-electron chi connectivity index (χ0n) is 24.1. The Kier molecular flexibility index (Phi) is 17.6. The van der Waals surface area contributed by atoms with E-state index in [9.17, 15) is 19.2 Å². The number of amides is 4. The highest BCUT2D eigenvalue weighted by Gasteiger charge is 2.27. The average Bonchev–Trinajstić information content (AvgIpc) is 2.87. The minimum atomic E-state index is -0.804. The van der Waals surface area contributed by atoms with E-state index in [2.05, 4.69) is 43.9 Å². The molecule has 11 nitrogen and oxygen atoms in total. The summed E-state index contributed by atoms with van der Waals surface area (Å²) in [6.45, 7) is 8.98. The van der Waals surface area contributed by atoms with Gasteiger partial charge in [0.1, 0.15) is 12.6 Å². The maximum Gasteiger partial charge on any atom is 0.246 e. The maximum absolute atomic E-state index is 12.2. The zero-order valence-corrected chi connectivity index (χ0v) is 26.3. The first-order chi connectivity index (χ1) is 18.9. The van der Waals surface area contributed by atoms with Crippen LogP contribution in [0.2, 0.25) is 0 Å². The summed E-state index contributed by atoms with van der Waals surface area (Å²) in [4.78, 5) is 48.1. The molecule has 0 aromatic heterocycles. The molecular weight excluding hydrogens is 629 g/mol.